The summed E-state index contributed by atoms with van der Waals surface area (Å²) in [6.07, 6.45) is 1.38. The number of benzene rings is 3. The summed E-state index contributed by atoms with van der Waals surface area (Å²) in [7, 11) is -3.81. The zero-order chi connectivity index (χ0) is 29.4. The minimum atomic E-state index is -3.81. The normalized spacial score (nSPS) is 12.2. The van der Waals surface area contributed by atoms with Crippen LogP contribution in [0.25, 0.3) is 0 Å². The van der Waals surface area contributed by atoms with Gasteiger partial charge in [-0.3, -0.25) is 13.9 Å². The van der Waals surface area contributed by atoms with Crippen LogP contribution < -0.4 is 9.62 Å². The molecule has 0 aromatic heterocycles. The van der Waals surface area contributed by atoms with E-state index in [4.69, 9.17) is 0 Å². The molecular weight excluding hydrogens is 590 g/mol. The van der Waals surface area contributed by atoms with Gasteiger partial charge < -0.3 is 10.2 Å². The minimum Gasteiger partial charge on any atom is -0.354 e. The van der Waals surface area contributed by atoms with Crippen molar-refractivity contribution >= 4 is 43.5 Å². The Hall–Kier alpha value is -3.17. The summed E-state index contributed by atoms with van der Waals surface area (Å²) >= 11 is 3.49. The summed E-state index contributed by atoms with van der Waals surface area (Å²) in [5, 5.41) is 2.99. The lowest BCUT2D eigenvalue weighted by Crippen LogP contribution is -2.53. The van der Waals surface area contributed by atoms with E-state index in [1.165, 1.54) is 4.90 Å². The number of hydrogen-bond donors (Lipinski definition) is 1. The molecule has 0 radical (unpaired) electrons. The van der Waals surface area contributed by atoms with Gasteiger partial charge in [-0.25, -0.2) is 8.42 Å². The highest BCUT2D eigenvalue weighted by atomic mass is 79.9. The van der Waals surface area contributed by atoms with E-state index in [9.17, 15) is 18.0 Å². The van der Waals surface area contributed by atoms with E-state index in [1.807, 2.05) is 94.4 Å². The first-order valence-electron chi connectivity index (χ1n) is 13.3. The highest BCUT2D eigenvalue weighted by Crippen LogP contribution is 2.25. The number of carbonyl (C=O) groups excluding carboxylic acids is 2. The monoisotopic (exact) mass is 627 g/mol. The van der Waals surface area contributed by atoms with E-state index in [0.717, 1.165) is 37.3 Å². The van der Waals surface area contributed by atoms with Crippen LogP contribution >= 0.6 is 15.9 Å². The molecule has 214 valence electrons. The molecule has 0 spiro atoms. The molecule has 3 rings (SSSR count). The summed E-state index contributed by atoms with van der Waals surface area (Å²) < 4.78 is 28.0. The molecule has 2 amide bonds. The van der Waals surface area contributed by atoms with E-state index >= 15 is 0 Å². The number of amides is 2. The maximum atomic E-state index is 14.2. The Kier molecular flexibility index (Phi) is 10.9. The molecule has 9 heteroatoms. The Morgan fingerprint density at radius 2 is 1.60 bits per heavy atom. The number of carbonyl (C=O) groups is 2. The van der Waals surface area contributed by atoms with Gasteiger partial charge in [0.2, 0.25) is 21.8 Å². The predicted octanol–water partition coefficient (Wildman–Crippen LogP) is 5.24. The molecule has 0 aliphatic carbocycles. The Morgan fingerprint density at radius 3 is 2.23 bits per heavy atom. The van der Waals surface area contributed by atoms with E-state index in [1.54, 1.807) is 6.07 Å². The second-order valence-corrected chi connectivity index (χ2v) is 13.4. The van der Waals surface area contributed by atoms with Gasteiger partial charge in [0.05, 0.1) is 11.9 Å². The summed E-state index contributed by atoms with van der Waals surface area (Å²) in [5.41, 5.74) is 3.77. The molecule has 3 aromatic rings. The number of sulfonamides is 1. The van der Waals surface area contributed by atoms with Crippen molar-refractivity contribution in [1.82, 2.24) is 10.2 Å². The molecule has 7 nitrogen and oxygen atoms in total. The summed E-state index contributed by atoms with van der Waals surface area (Å²) in [4.78, 5) is 29.3. The van der Waals surface area contributed by atoms with Crippen molar-refractivity contribution in [3.05, 3.63) is 99.5 Å². The van der Waals surface area contributed by atoms with Gasteiger partial charge in [0.25, 0.3) is 0 Å². The molecule has 40 heavy (non-hydrogen) atoms. The second-order valence-electron chi connectivity index (χ2n) is 10.6. The molecule has 0 fully saturated rings. The first-order valence-corrected chi connectivity index (χ1v) is 15.9. The molecule has 0 saturated carbocycles. The Balaban J connectivity index is 2.07. The number of halogens is 1. The SMILES string of the molecule is Cc1ccc(C)c(N(CC(=O)N(Cc2cccc(Br)c2)C(Cc2ccccc2)C(=O)NCC(C)C)S(C)(=O)=O)c1. The topological polar surface area (TPSA) is 86.8 Å². The van der Waals surface area contributed by atoms with Gasteiger partial charge in [0.1, 0.15) is 12.6 Å². The number of anilines is 1. The van der Waals surface area contributed by atoms with Gasteiger partial charge in [-0.15, -0.1) is 0 Å². The molecule has 1 unspecified atom stereocenters. The molecule has 1 atom stereocenters. The van der Waals surface area contributed by atoms with Crippen LogP contribution in [0.2, 0.25) is 0 Å². The van der Waals surface area contributed by atoms with Crippen LogP contribution in [0.15, 0.2) is 77.3 Å². The van der Waals surface area contributed by atoms with Crippen molar-refractivity contribution in [1.29, 1.82) is 0 Å². The van der Waals surface area contributed by atoms with Crippen LogP contribution in [0.1, 0.15) is 36.1 Å². The lowest BCUT2D eigenvalue weighted by atomic mass is 10.0. The number of nitrogens with one attached hydrogen (secondary N) is 1. The fraction of sp³-hybridized carbons (Fsp3) is 0.355. The van der Waals surface area contributed by atoms with E-state index < -0.39 is 28.5 Å². The van der Waals surface area contributed by atoms with Gasteiger partial charge >= 0.3 is 0 Å². The van der Waals surface area contributed by atoms with E-state index in [2.05, 4.69) is 21.2 Å². The number of rotatable bonds is 12. The van der Waals surface area contributed by atoms with Crippen molar-refractivity contribution in [2.24, 2.45) is 5.92 Å². The molecule has 0 heterocycles. The van der Waals surface area contributed by atoms with Crippen LogP contribution in [0.4, 0.5) is 5.69 Å². The van der Waals surface area contributed by atoms with Crippen molar-refractivity contribution < 1.29 is 18.0 Å². The van der Waals surface area contributed by atoms with E-state index in [0.29, 0.717) is 12.2 Å². The molecule has 1 N–H and O–H groups in total. The number of nitrogens with zero attached hydrogens (tertiary/aromatic N) is 2. The maximum Gasteiger partial charge on any atom is 0.244 e. The predicted molar refractivity (Wildman–Crippen MR) is 165 cm³/mol. The summed E-state index contributed by atoms with van der Waals surface area (Å²) in [6, 6.07) is 21.7. The van der Waals surface area contributed by atoms with Gasteiger partial charge in [0.15, 0.2) is 0 Å². The molecule has 3 aromatic carbocycles. The third kappa shape index (κ3) is 8.93. The molecule has 0 aliphatic heterocycles. The van der Waals surface area contributed by atoms with Crippen molar-refractivity contribution in [3.8, 4) is 0 Å². The smallest absolute Gasteiger partial charge is 0.244 e. The van der Waals surface area contributed by atoms with Gasteiger partial charge in [-0.1, -0.05) is 84.4 Å². The van der Waals surface area contributed by atoms with Gasteiger partial charge in [-0.05, 0) is 60.2 Å². The average Bonchev–Trinajstić information content (AvgIpc) is 2.89. The number of hydrogen-bond acceptors (Lipinski definition) is 4. The van der Waals surface area contributed by atoms with Crippen molar-refractivity contribution in [2.45, 2.75) is 46.7 Å². The van der Waals surface area contributed by atoms with Crippen LogP contribution in [0.5, 0.6) is 0 Å². The Labute approximate surface area is 246 Å². The van der Waals surface area contributed by atoms with Crippen LogP contribution in [-0.4, -0.2) is 50.5 Å². The first kappa shape index (κ1) is 31.4. The van der Waals surface area contributed by atoms with Crippen molar-refractivity contribution in [2.75, 3.05) is 23.7 Å². The standard InChI is InChI=1S/C31H38BrN3O4S/c1-22(2)19-33-31(37)29(18-25-10-7-6-8-11-25)34(20-26-12-9-13-27(32)17-26)30(36)21-35(40(5,38)39)28-16-23(3)14-15-24(28)4/h6-17,22,29H,18-21H2,1-5H3,(H,33,37). The summed E-state index contributed by atoms with van der Waals surface area (Å²) in [6.45, 7) is 7.86. The Morgan fingerprint density at radius 1 is 0.925 bits per heavy atom. The lowest BCUT2D eigenvalue weighted by molar-refractivity contribution is -0.140. The van der Waals surface area contributed by atoms with Gasteiger partial charge in [0, 0.05) is 24.0 Å². The maximum absolute atomic E-state index is 14.2. The third-order valence-electron chi connectivity index (χ3n) is 6.51. The quantitative estimate of drug-likeness (QED) is 0.297. The largest absolute Gasteiger partial charge is 0.354 e. The second kappa shape index (κ2) is 13.9. The van der Waals surface area contributed by atoms with Crippen LogP contribution in [0.3, 0.4) is 0 Å². The van der Waals surface area contributed by atoms with Crippen LogP contribution in [0, 0.1) is 19.8 Å². The summed E-state index contributed by atoms with van der Waals surface area (Å²) in [5.74, 6) is -0.522. The van der Waals surface area contributed by atoms with Crippen molar-refractivity contribution in [3.63, 3.8) is 0 Å². The minimum absolute atomic E-state index is 0.134. The zero-order valence-corrected chi connectivity index (χ0v) is 26.1. The highest BCUT2D eigenvalue weighted by Gasteiger charge is 2.33. The first-order chi connectivity index (χ1) is 18.8. The highest BCUT2D eigenvalue weighted by molar-refractivity contribution is 9.10. The third-order valence-corrected chi connectivity index (χ3v) is 8.13. The molecule has 0 saturated heterocycles. The number of aryl methyl sites for hydroxylation is 2. The fourth-order valence-corrected chi connectivity index (χ4v) is 5.74. The molecular formula is C31H38BrN3O4S. The van der Waals surface area contributed by atoms with Crippen LogP contribution in [-0.2, 0) is 32.6 Å². The average molecular weight is 629 g/mol. The zero-order valence-electron chi connectivity index (χ0n) is 23.7. The fourth-order valence-electron chi connectivity index (χ4n) is 4.39. The Bertz CT molecular complexity index is 1430. The van der Waals surface area contributed by atoms with Gasteiger partial charge in [-0.2, -0.15) is 0 Å². The molecule has 0 aliphatic rings. The van der Waals surface area contributed by atoms with E-state index in [-0.39, 0.29) is 24.8 Å². The lowest BCUT2D eigenvalue weighted by Gasteiger charge is -2.34. The molecule has 0 bridgehead atoms.